The monoisotopic (exact) mass is 293 g/mol. The van der Waals surface area contributed by atoms with Gasteiger partial charge >= 0.3 is 0 Å². The summed E-state index contributed by atoms with van der Waals surface area (Å²) >= 11 is 0. The molecule has 1 aromatic rings. The van der Waals surface area contributed by atoms with Crippen LogP contribution >= 0.6 is 0 Å². The van der Waals surface area contributed by atoms with Crippen LogP contribution < -0.4 is 5.32 Å². The number of piperazine rings is 1. The minimum Gasteiger partial charge on any atom is -0.313 e. The third-order valence-corrected chi connectivity index (χ3v) is 4.50. The summed E-state index contributed by atoms with van der Waals surface area (Å²) in [5.41, 5.74) is 0.779. The van der Waals surface area contributed by atoms with Gasteiger partial charge in [-0.3, -0.25) is 4.90 Å². The van der Waals surface area contributed by atoms with Gasteiger partial charge in [0.05, 0.1) is 0 Å². The van der Waals surface area contributed by atoms with Crippen molar-refractivity contribution in [2.24, 2.45) is 0 Å². The van der Waals surface area contributed by atoms with Crippen LogP contribution in [0, 0.1) is 5.82 Å². The molecule has 118 valence electrons. The van der Waals surface area contributed by atoms with E-state index in [1.807, 2.05) is 19.2 Å². The first-order chi connectivity index (χ1) is 10.1. The topological polar surface area (TPSA) is 18.5 Å². The van der Waals surface area contributed by atoms with Crippen molar-refractivity contribution in [1.82, 2.24) is 15.1 Å². The lowest BCUT2D eigenvalue weighted by Gasteiger charge is -2.37. The summed E-state index contributed by atoms with van der Waals surface area (Å²) in [5, 5.41) is 3.25. The molecule has 1 aromatic carbocycles. The molecule has 1 atom stereocenters. The summed E-state index contributed by atoms with van der Waals surface area (Å²) in [6, 6.07) is 7.81. The molecule has 1 fully saturated rings. The number of nitrogens with one attached hydrogen (secondary N) is 1. The van der Waals surface area contributed by atoms with Gasteiger partial charge in [-0.2, -0.15) is 0 Å². The minimum atomic E-state index is -0.110. The highest BCUT2D eigenvalue weighted by Gasteiger charge is 2.20. The number of benzene rings is 1. The van der Waals surface area contributed by atoms with Crippen LogP contribution in [0.25, 0.3) is 0 Å². The molecule has 0 spiro atoms. The van der Waals surface area contributed by atoms with E-state index in [-0.39, 0.29) is 11.9 Å². The van der Waals surface area contributed by atoms with E-state index in [0.29, 0.717) is 6.04 Å². The highest BCUT2D eigenvalue weighted by Crippen LogP contribution is 2.20. The van der Waals surface area contributed by atoms with E-state index in [1.165, 1.54) is 0 Å². The second kappa shape index (κ2) is 7.87. The predicted octanol–water partition coefficient (Wildman–Crippen LogP) is 2.50. The first-order valence-corrected chi connectivity index (χ1v) is 8.00. The maximum Gasteiger partial charge on any atom is 0.127 e. The van der Waals surface area contributed by atoms with Crippen molar-refractivity contribution in [3.63, 3.8) is 0 Å². The number of nitrogens with zero attached hydrogens (tertiary/aromatic N) is 2. The van der Waals surface area contributed by atoms with Gasteiger partial charge in [0.2, 0.25) is 0 Å². The van der Waals surface area contributed by atoms with Gasteiger partial charge in [0, 0.05) is 50.4 Å². The second-order valence-electron chi connectivity index (χ2n) is 6.12. The predicted molar refractivity (Wildman–Crippen MR) is 86.0 cm³/mol. The molecule has 0 amide bonds. The largest absolute Gasteiger partial charge is 0.313 e. The van der Waals surface area contributed by atoms with Crippen LogP contribution in [0.4, 0.5) is 4.39 Å². The van der Waals surface area contributed by atoms with Gasteiger partial charge in [0.15, 0.2) is 0 Å². The molecule has 0 aromatic heterocycles. The number of rotatable bonds is 6. The van der Waals surface area contributed by atoms with Crippen LogP contribution in [0.15, 0.2) is 24.3 Å². The van der Waals surface area contributed by atoms with Crippen LogP contribution in [0.5, 0.6) is 0 Å². The average Bonchev–Trinajstić information content (AvgIpc) is 2.50. The second-order valence-corrected chi connectivity index (χ2v) is 6.12. The maximum atomic E-state index is 13.9. The van der Waals surface area contributed by atoms with Crippen LogP contribution in [0.2, 0.25) is 0 Å². The molecule has 21 heavy (non-hydrogen) atoms. The number of hydrogen-bond donors (Lipinski definition) is 1. The maximum absolute atomic E-state index is 13.9. The molecule has 3 nitrogen and oxygen atoms in total. The summed E-state index contributed by atoms with van der Waals surface area (Å²) in [5.74, 6) is -0.110. The third-order valence-electron chi connectivity index (χ3n) is 4.50. The van der Waals surface area contributed by atoms with Gasteiger partial charge in [-0.15, -0.1) is 0 Å². The Bertz CT molecular complexity index is 428. The van der Waals surface area contributed by atoms with Crippen LogP contribution in [-0.4, -0.2) is 55.6 Å². The Morgan fingerprint density at radius 2 is 1.81 bits per heavy atom. The molecular weight excluding hydrogens is 265 g/mol. The molecular formula is C17H28FN3. The Balaban J connectivity index is 1.83. The SMILES string of the molecule is CNC(CCN1CCN(C(C)C)CC1)c1ccccc1F. The van der Waals surface area contributed by atoms with Crippen molar-refractivity contribution in [2.45, 2.75) is 32.4 Å². The van der Waals surface area contributed by atoms with Crippen LogP contribution in [0.1, 0.15) is 31.9 Å². The summed E-state index contributed by atoms with van der Waals surface area (Å²) < 4.78 is 13.9. The highest BCUT2D eigenvalue weighted by atomic mass is 19.1. The van der Waals surface area contributed by atoms with Crippen molar-refractivity contribution in [3.8, 4) is 0 Å². The smallest absolute Gasteiger partial charge is 0.127 e. The Morgan fingerprint density at radius 1 is 1.14 bits per heavy atom. The zero-order valence-corrected chi connectivity index (χ0v) is 13.5. The third kappa shape index (κ3) is 4.50. The van der Waals surface area contributed by atoms with E-state index in [2.05, 4.69) is 29.0 Å². The highest BCUT2D eigenvalue weighted by molar-refractivity contribution is 5.21. The minimum absolute atomic E-state index is 0.0920. The summed E-state index contributed by atoms with van der Waals surface area (Å²) in [7, 11) is 1.91. The van der Waals surface area contributed by atoms with Gasteiger partial charge in [-0.1, -0.05) is 18.2 Å². The number of hydrogen-bond acceptors (Lipinski definition) is 3. The van der Waals surface area contributed by atoms with Crippen molar-refractivity contribution >= 4 is 0 Å². The first-order valence-electron chi connectivity index (χ1n) is 8.00. The van der Waals surface area contributed by atoms with Crippen molar-refractivity contribution in [1.29, 1.82) is 0 Å². The summed E-state index contributed by atoms with van der Waals surface area (Å²) in [4.78, 5) is 5.01. The fraction of sp³-hybridized carbons (Fsp3) is 0.647. The van der Waals surface area contributed by atoms with Gasteiger partial charge in [0.1, 0.15) is 5.82 Å². The molecule has 2 rings (SSSR count). The zero-order chi connectivity index (χ0) is 15.2. The molecule has 1 saturated heterocycles. The molecule has 1 aliphatic rings. The summed E-state index contributed by atoms with van der Waals surface area (Å²) in [6.07, 6.45) is 0.944. The summed E-state index contributed by atoms with van der Waals surface area (Å²) in [6.45, 7) is 10.0. The van der Waals surface area contributed by atoms with E-state index in [0.717, 1.165) is 44.7 Å². The zero-order valence-electron chi connectivity index (χ0n) is 13.5. The Morgan fingerprint density at radius 3 is 2.38 bits per heavy atom. The molecule has 1 N–H and O–H groups in total. The lowest BCUT2D eigenvalue weighted by atomic mass is 10.0. The quantitative estimate of drug-likeness (QED) is 0.869. The number of halogens is 1. The van der Waals surface area contributed by atoms with Crippen molar-refractivity contribution in [2.75, 3.05) is 39.8 Å². The fourth-order valence-corrected chi connectivity index (χ4v) is 3.03. The molecule has 0 aliphatic carbocycles. The Kier molecular flexibility index (Phi) is 6.15. The van der Waals surface area contributed by atoms with Crippen molar-refractivity contribution in [3.05, 3.63) is 35.6 Å². The average molecular weight is 293 g/mol. The van der Waals surface area contributed by atoms with Gasteiger partial charge < -0.3 is 10.2 Å². The van der Waals surface area contributed by atoms with E-state index in [9.17, 15) is 4.39 Å². The normalized spacial score (nSPS) is 19.1. The molecule has 1 aliphatic heterocycles. The van der Waals surface area contributed by atoms with E-state index < -0.39 is 0 Å². The molecule has 0 bridgehead atoms. The van der Waals surface area contributed by atoms with Gasteiger partial charge in [0.25, 0.3) is 0 Å². The molecule has 4 heteroatoms. The Hall–Kier alpha value is -0.970. The van der Waals surface area contributed by atoms with Crippen molar-refractivity contribution < 1.29 is 4.39 Å². The van der Waals surface area contributed by atoms with Crippen LogP contribution in [-0.2, 0) is 0 Å². The van der Waals surface area contributed by atoms with E-state index in [4.69, 9.17) is 0 Å². The molecule has 0 radical (unpaired) electrons. The van der Waals surface area contributed by atoms with Gasteiger partial charge in [-0.05, 0) is 33.4 Å². The Labute approximate surface area is 128 Å². The fourth-order valence-electron chi connectivity index (χ4n) is 3.03. The van der Waals surface area contributed by atoms with Gasteiger partial charge in [-0.25, -0.2) is 4.39 Å². The first kappa shape index (κ1) is 16.4. The van der Waals surface area contributed by atoms with E-state index in [1.54, 1.807) is 12.1 Å². The standard InChI is InChI=1S/C17H28FN3/c1-14(2)21-12-10-20(11-13-21)9-8-17(19-3)15-6-4-5-7-16(15)18/h4-7,14,17,19H,8-13H2,1-3H3. The van der Waals surface area contributed by atoms with Crippen LogP contribution in [0.3, 0.4) is 0 Å². The molecule has 0 saturated carbocycles. The van der Waals surface area contributed by atoms with E-state index >= 15 is 0 Å². The lowest BCUT2D eigenvalue weighted by Crippen LogP contribution is -2.49. The molecule has 1 unspecified atom stereocenters. The lowest BCUT2D eigenvalue weighted by molar-refractivity contribution is 0.105. The molecule has 1 heterocycles.